The van der Waals surface area contributed by atoms with Crippen LogP contribution in [0.5, 0.6) is 0 Å². The summed E-state index contributed by atoms with van der Waals surface area (Å²) in [6.45, 7) is 13.8. The molecule has 2 fully saturated rings. The zero-order valence-corrected chi connectivity index (χ0v) is 21.7. The van der Waals surface area contributed by atoms with Crippen molar-refractivity contribution in [3.05, 3.63) is 22.4 Å². The number of nitrogens with zero attached hydrogens (tertiary/aromatic N) is 3. The average molecular weight is 552 g/mol. The molecule has 1 aromatic heterocycles. The number of rotatable bonds is 8. The summed E-state index contributed by atoms with van der Waals surface area (Å²) >= 11 is 1.82. The Labute approximate surface area is 202 Å². The van der Waals surface area contributed by atoms with E-state index in [1.165, 1.54) is 4.88 Å². The monoisotopic (exact) mass is 551 g/mol. The lowest BCUT2D eigenvalue weighted by atomic mass is 10.1. The quantitative estimate of drug-likeness (QED) is 0.294. The average Bonchev–Trinajstić information content (AvgIpc) is 3.26. The molecule has 3 atom stereocenters. The third-order valence-corrected chi connectivity index (χ3v) is 6.54. The zero-order chi connectivity index (χ0) is 20.5. The summed E-state index contributed by atoms with van der Waals surface area (Å²) in [4.78, 5) is 10.8. The van der Waals surface area contributed by atoms with Crippen LogP contribution in [-0.4, -0.2) is 94.5 Å². The number of thiophene rings is 1. The second-order valence-electron chi connectivity index (χ2n) is 8.06. The van der Waals surface area contributed by atoms with Gasteiger partial charge in [0, 0.05) is 57.7 Å². The molecule has 0 amide bonds. The maximum Gasteiger partial charge on any atom is 0.191 e. The smallest absolute Gasteiger partial charge is 0.191 e. The highest BCUT2D eigenvalue weighted by molar-refractivity contribution is 14.0. The van der Waals surface area contributed by atoms with Gasteiger partial charge < -0.3 is 20.1 Å². The van der Waals surface area contributed by atoms with E-state index in [0.29, 0.717) is 12.0 Å². The number of nitrogens with one attached hydrogen (secondary N) is 2. The Morgan fingerprint density at radius 3 is 2.67 bits per heavy atom. The molecule has 9 heteroatoms. The molecule has 0 radical (unpaired) electrons. The van der Waals surface area contributed by atoms with Gasteiger partial charge in [0.2, 0.25) is 0 Å². The molecule has 172 valence electrons. The van der Waals surface area contributed by atoms with Crippen molar-refractivity contribution >= 4 is 41.3 Å². The predicted molar refractivity (Wildman–Crippen MR) is 135 cm³/mol. The third-order valence-electron chi connectivity index (χ3n) is 5.56. The van der Waals surface area contributed by atoms with Gasteiger partial charge in [-0.3, -0.25) is 14.8 Å². The second kappa shape index (κ2) is 13.8. The Balaban J connectivity index is 0.00000320. The highest BCUT2D eigenvalue weighted by atomic mass is 127. The summed E-state index contributed by atoms with van der Waals surface area (Å²) in [5.74, 6) is 1.43. The van der Waals surface area contributed by atoms with Crippen molar-refractivity contribution in [3.63, 3.8) is 0 Å². The molecule has 0 spiro atoms. The van der Waals surface area contributed by atoms with Crippen molar-refractivity contribution in [3.8, 4) is 0 Å². The lowest BCUT2D eigenvalue weighted by Gasteiger charge is -2.37. The molecule has 0 bridgehead atoms. The van der Waals surface area contributed by atoms with E-state index in [2.05, 4.69) is 56.8 Å². The molecule has 3 rings (SSSR count). The second-order valence-corrected chi connectivity index (χ2v) is 9.04. The highest BCUT2D eigenvalue weighted by Gasteiger charge is 2.26. The van der Waals surface area contributed by atoms with Crippen LogP contribution >= 0.6 is 35.3 Å². The minimum absolute atomic E-state index is 0. The van der Waals surface area contributed by atoms with Crippen molar-refractivity contribution in [2.45, 2.75) is 26.0 Å². The number of halogens is 1. The van der Waals surface area contributed by atoms with Crippen LogP contribution in [0.25, 0.3) is 0 Å². The summed E-state index contributed by atoms with van der Waals surface area (Å²) in [6, 6.07) is 4.71. The van der Waals surface area contributed by atoms with Crippen LogP contribution in [0.1, 0.15) is 24.8 Å². The normalized spacial score (nSPS) is 23.4. The Bertz CT molecular complexity index is 613. The fraction of sp³-hybridized carbons (Fsp3) is 0.762. The molecule has 0 aliphatic carbocycles. The van der Waals surface area contributed by atoms with Gasteiger partial charge >= 0.3 is 0 Å². The number of ether oxygens (including phenoxy) is 2. The number of aliphatic imine (C=N–C) groups is 1. The Hall–Kier alpha value is -0.460. The third kappa shape index (κ3) is 8.23. The van der Waals surface area contributed by atoms with E-state index in [0.717, 1.165) is 71.6 Å². The van der Waals surface area contributed by atoms with Gasteiger partial charge in [-0.25, -0.2) is 0 Å². The maximum absolute atomic E-state index is 5.74. The lowest BCUT2D eigenvalue weighted by molar-refractivity contribution is -0.0334. The van der Waals surface area contributed by atoms with E-state index in [1.807, 2.05) is 18.4 Å². The molecule has 2 N–H and O–H groups in total. The van der Waals surface area contributed by atoms with Gasteiger partial charge in [-0.15, -0.1) is 35.3 Å². The highest BCUT2D eigenvalue weighted by Crippen LogP contribution is 2.26. The van der Waals surface area contributed by atoms with Crippen LogP contribution in [0, 0.1) is 5.92 Å². The zero-order valence-electron chi connectivity index (χ0n) is 18.5. The number of morpholine rings is 2. The SMILES string of the molecule is CN=C(NCC(C)CN1CCOCC1)NCC(c1cccs1)N1CCOC(C)C1.I. The minimum Gasteiger partial charge on any atom is -0.379 e. The molecule has 2 saturated heterocycles. The van der Waals surface area contributed by atoms with Crippen molar-refractivity contribution in [2.75, 3.05) is 72.7 Å². The van der Waals surface area contributed by atoms with Gasteiger partial charge in [0.1, 0.15) is 0 Å². The molecule has 7 nitrogen and oxygen atoms in total. The first-order chi connectivity index (χ1) is 14.2. The predicted octanol–water partition coefficient (Wildman–Crippen LogP) is 2.26. The van der Waals surface area contributed by atoms with Crippen LogP contribution in [0.15, 0.2) is 22.5 Å². The molecule has 3 unspecified atom stereocenters. The van der Waals surface area contributed by atoms with Crippen LogP contribution in [-0.2, 0) is 9.47 Å². The van der Waals surface area contributed by atoms with Crippen molar-refractivity contribution in [2.24, 2.45) is 10.9 Å². The van der Waals surface area contributed by atoms with Gasteiger partial charge in [0.25, 0.3) is 0 Å². The Kier molecular flexibility index (Phi) is 11.9. The van der Waals surface area contributed by atoms with E-state index >= 15 is 0 Å². The van der Waals surface area contributed by atoms with Crippen LogP contribution in [0.2, 0.25) is 0 Å². The molecule has 3 heterocycles. The fourth-order valence-electron chi connectivity index (χ4n) is 3.99. The summed E-state index contributed by atoms with van der Waals surface area (Å²) in [5, 5.41) is 9.23. The summed E-state index contributed by atoms with van der Waals surface area (Å²) < 4.78 is 11.2. The van der Waals surface area contributed by atoms with E-state index in [-0.39, 0.29) is 30.1 Å². The van der Waals surface area contributed by atoms with Crippen LogP contribution in [0.4, 0.5) is 0 Å². The number of hydrogen-bond donors (Lipinski definition) is 2. The molecule has 2 aliphatic heterocycles. The molecular weight excluding hydrogens is 513 g/mol. The maximum atomic E-state index is 5.74. The van der Waals surface area contributed by atoms with Gasteiger partial charge in [0.15, 0.2) is 5.96 Å². The lowest BCUT2D eigenvalue weighted by Crippen LogP contribution is -2.48. The number of guanidine groups is 1. The van der Waals surface area contributed by atoms with E-state index in [1.54, 1.807) is 0 Å². The Morgan fingerprint density at radius 1 is 1.23 bits per heavy atom. The molecule has 0 saturated carbocycles. The van der Waals surface area contributed by atoms with Crippen molar-refractivity contribution in [1.29, 1.82) is 0 Å². The molecule has 2 aliphatic rings. The van der Waals surface area contributed by atoms with E-state index < -0.39 is 0 Å². The van der Waals surface area contributed by atoms with Crippen LogP contribution < -0.4 is 10.6 Å². The van der Waals surface area contributed by atoms with E-state index in [4.69, 9.17) is 9.47 Å². The van der Waals surface area contributed by atoms with Gasteiger partial charge in [-0.2, -0.15) is 0 Å². The first-order valence-electron chi connectivity index (χ1n) is 10.8. The van der Waals surface area contributed by atoms with Crippen molar-refractivity contribution < 1.29 is 9.47 Å². The fourth-order valence-corrected chi connectivity index (χ4v) is 4.85. The standard InChI is InChI=1S/C21H37N5O2S.HI/c1-17(15-25-6-9-27-10-7-25)13-23-21(22-3)24-14-19(20-5-4-12-29-20)26-8-11-28-18(2)16-26;/h4-5,12,17-19H,6-11,13-16H2,1-3H3,(H2,22,23,24);1H. The van der Waals surface area contributed by atoms with Gasteiger partial charge in [0.05, 0.1) is 32.0 Å². The summed E-state index contributed by atoms with van der Waals surface area (Å²) in [5.41, 5.74) is 0. The van der Waals surface area contributed by atoms with Crippen LogP contribution in [0.3, 0.4) is 0 Å². The van der Waals surface area contributed by atoms with E-state index in [9.17, 15) is 0 Å². The summed E-state index contributed by atoms with van der Waals surface area (Å²) in [6.07, 6.45) is 0.282. The molecule has 0 aromatic carbocycles. The van der Waals surface area contributed by atoms with Gasteiger partial charge in [-0.05, 0) is 24.3 Å². The Morgan fingerprint density at radius 2 is 2.00 bits per heavy atom. The largest absolute Gasteiger partial charge is 0.379 e. The summed E-state index contributed by atoms with van der Waals surface area (Å²) in [7, 11) is 1.85. The van der Waals surface area contributed by atoms with Crippen molar-refractivity contribution in [1.82, 2.24) is 20.4 Å². The minimum atomic E-state index is 0. The topological polar surface area (TPSA) is 61.4 Å². The van der Waals surface area contributed by atoms with Gasteiger partial charge in [-0.1, -0.05) is 13.0 Å². The molecular formula is C21H38IN5O2S. The first-order valence-corrected chi connectivity index (χ1v) is 11.7. The first kappa shape index (κ1) is 25.8. The molecule has 30 heavy (non-hydrogen) atoms. The molecule has 1 aromatic rings. The number of hydrogen-bond acceptors (Lipinski definition) is 6.